The second-order valence-corrected chi connectivity index (χ2v) is 5.27. The number of rotatable bonds is 5. The fraction of sp³-hybridized carbons (Fsp3) is 0.111. The molecule has 1 aromatic heterocycles. The number of amides is 1. The van der Waals surface area contributed by atoms with Crippen LogP contribution in [0.5, 0.6) is 11.6 Å². The van der Waals surface area contributed by atoms with Gasteiger partial charge in [0.1, 0.15) is 5.75 Å². The van der Waals surface area contributed by atoms with Crippen molar-refractivity contribution in [1.29, 1.82) is 0 Å². The van der Waals surface area contributed by atoms with E-state index in [4.69, 9.17) is 4.74 Å². The van der Waals surface area contributed by atoms with Gasteiger partial charge >= 0.3 is 11.9 Å². The molecule has 3 rings (SSSR count). The molecule has 3 aromatic rings. The van der Waals surface area contributed by atoms with Crippen LogP contribution < -0.4 is 4.74 Å². The number of carbonyl (C=O) groups is 2. The van der Waals surface area contributed by atoms with E-state index in [0.717, 1.165) is 0 Å². The van der Waals surface area contributed by atoms with Crippen molar-refractivity contribution in [2.45, 2.75) is 0 Å². The normalized spacial score (nSPS) is 11.0. The van der Waals surface area contributed by atoms with Gasteiger partial charge in [-0.05, 0) is 30.3 Å². The van der Waals surface area contributed by atoms with Crippen LogP contribution >= 0.6 is 0 Å². The Morgan fingerprint density at radius 1 is 1.12 bits per heavy atom. The largest absolute Gasteiger partial charge is 0.493 e. The van der Waals surface area contributed by atoms with Crippen LogP contribution in [0, 0.1) is 0 Å². The number of nitrogens with one attached hydrogen (secondary N) is 1. The number of carbonyl (C=O) groups excluding carboxylic acids is 2. The number of aromatic nitrogens is 1. The molecule has 0 fully saturated rings. The fourth-order valence-corrected chi connectivity index (χ4v) is 2.30. The van der Waals surface area contributed by atoms with Gasteiger partial charge in [0.05, 0.1) is 18.2 Å². The summed E-state index contributed by atoms with van der Waals surface area (Å²) in [5.74, 6) is -0.843. The van der Waals surface area contributed by atoms with Crippen molar-refractivity contribution >= 4 is 28.5 Å². The molecule has 2 N–H and O–H groups in total. The Morgan fingerprint density at radius 2 is 1.85 bits per heavy atom. The molecule has 8 heteroatoms. The first-order valence-electron chi connectivity index (χ1n) is 7.64. The van der Waals surface area contributed by atoms with Crippen molar-refractivity contribution in [1.82, 2.24) is 4.98 Å². The van der Waals surface area contributed by atoms with Gasteiger partial charge in [0, 0.05) is 5.39 Å². The van der Waals surface area contributed by atoms with Crippen molar-refractivity contribution in [3.63, 3.8) is 0 Å². The molecule has 2 aromatic carbocycles. The number of hydrogen-bond acceptors (Lipinski definition) is 6. The summed E-state index contributed by atoms with van der Waals surface area (Å²) in [7, 11) is 1.29. The summed E-state index contributed by atoms with van der Waals surface area (Å²) in [6.45, 7) is -0.329. The van der Waals surface area contributed by atoms with Gasteiger partial charge in [-0.3, -0.25) is 4.79 Å². The standard InChI is InChI=1S/C18H15N3O5/c1-25-18(24)11-6-8-12(9-7-11)26-10-15(22)20-21-16-13-4-2-3-5-14(13)19-17(16)23/h2-9,19,23H,10H2,1H3. The summed E-state index contributed by atoms with van der Waals surface area (Å²) in [6, 6.07) is 13.3. The highest BCUT2D eigenvalue weighted by molar-refractivity contribution is 5.94. The summed E-state index contributed by atoms with van der Waals surface area (Å²) >= 11 is 0. The predicted molar refractivity (Wildman–Crippen MR) is 92.8 cm³/mol. The molecule has 0 saturated carbocycles. The molecule has 0 saturated heterocycles. The average Bonchev–Trinajstić information content (AvgIpc) is 2.99. The molecule has 0 radical (unpaired) electrons. The Balaban J connectivity index is 1.62. The second-order valence-electron chi connectivity index (χ2n) is 5.27. The number of benzene rings is 2. The minimum Gasteiger partial charge on any atom is -0.493 e. The van der Waals surface area contributed by atoms with Crippen molar-refractivity contribution in [2.75, 3.05) is 13.7 Å². The molecular weight excluding hydrogens is 338 g/mol. The first-order chi connectivity index (χ1) is 12.6. The zero-order valence-corrected chi connectivity index (χ0v) is 13.8. The number of aromatic amines is 1. The lowest BCUT2D eigenvalue weighted by Crippen LogP contribution is -2.08. The van der Waals surface area contributed by atoms with Crippen LogP contribution in [0.15, 0.2) is 58.8 Å². The Morgan fingerprint density at radius 3 is 2.58 bits per heavy atom. The summed E-state index contributed by atoms with van der Waals surface area (Å²) in [4.78, 5) is 25.9. The first kappa shape index (κ1) is 17.2. The highest BCUT2D eigenvalue weighted by Crippen LogP contribution is 2.35. The minimum absolute atomic E-state index is 0.165. The number of hydrogen-bond donors (Lipinski definition) is 2. The number of aromatic hydroxyl groups is 1. The van der Waals surface area contributed by atoms with Crippen LogP contribution in [0.1, 0.15) is 10.4 Å². The Labute approximate surface area is 148 Å². The quantitative estimate of drug-likeness (QED) is 0.539. The molecular formula is C18H15N3O5. The first-order valence-corrected chi connectivity index (χ1v) is 7.64. The Bertz CT molecular complexity index is 976. The molecule has 8 nitrogen and oxygen atoms in total. The van der Waals surface area contributed by atoms with E-state index in [-0.39, 0.29) is 18.2 Å². The summed E-state index contributed by atoms with van der Waals surface area (Å²) in [6.07, 6.45) is 0. The zero-order chi connectivity index (χ0) is 18.5. The lowest BCUT2D eigenvalue weighted by atomic mass is 10.2. The van der Waals surface area contributed by atoms with E-state index in [1.807, 2.05) is 6.07 Å². The third-order valence-corrected chi connectivity index (χ3v) is 3.56. The van der Waals surface area contributed by atoms with Gasteiger partial charge in [-0.2, -0.15) is 0 Å². The van der Waals surface area contributed by atoms with Crippen molar-refractivity contribution in [2.24, 2.45) is 10.2 Å². The van der Waals surface area contributed by atoms with Crippen LogP contribution in [-0.2, 0) is 9.53 Å². The number of H-pyrrole nitrogens is 1. The lowest BCUT2D eigenvalue weighted by Gasteiger charge is -2.04. The van der Waals surface area contributed by atoms with Gasteiger partial charge in [-0.1, -0.05) is 18.2 Å². The number of esters is 1. The van der Waals surface area contributed by atoms with Crippen LogP contribution in [0.25, 0.3) is 10.9 Å². The summed E-state index contributed by atoms with van der Waals surface area (Å²) in [5.41, 5.74) is 1.26. The highest BCUT2D eigenvalue weighted by Gasteiger charge is 2.11. The number of ether oxygens (including phenoxy) is 2. The highest BCUT2D eigenvalue weighted by atomic mass is 16.5. The maximum atomic E-state index is 11.8. The molecule has 0 unspecified atom stereocenters. The number of azo groups is 1. The number of methoxy groups -OCH3 is 1. The maximum absolute atomic E-state index is 11.8. The number of nitrogens with zero attached hydrogens (tertiary/aromatic N) is 2. The van der Waals surface area contributed by atoms with Crippen molar-refractivity contribution < 1.29 is 24.2 Å². The lowest BCUT2D eigenvalue weighted by molar-refractivity contribution is -0.120. The molecule has 0 aliphatic carbocycles. The van der Waals surface area contributed by atoms with Gasteiger partial charge in [-0.25, -0.2) is 4.79 Å². The van der Waals surface area contributed by atoms with E-state index in [1.165, 1.54) is 19.2 Å². The van der Waals surface area contributed by atoms with Gasteiger partial charge in [0.25, 0.3) is 0 Å². The van der Waals surface area contributed by atoms with E-state index >= 15 is 0 Å². The molecule has 0 bridgehead atoms. The van der Waals surface area contributed by atoms with Crippen molar-refractivity contribution in [3.8, 4) is 11.6 Å². The summed E-state index contributed by atoms with van der Waals surface area (Å²) < 4.78 is 9.90. The van der Waals surface area contributed by atoms with Gasteiger partial charge in [-0.15, -0.1) is 10.2 Å². The van der Waals surface area contributed by atoms with Gasteiger partial charge in [0.2, 0.25) is 5.88 Å². The molecule has 0 spiro atoms. The van der Waals surface area contributed by atoms with E-state index in [1.54, 1.807) is 30.3 Å². The fourth-order valence-electron chi connectivity index (χ4n) is 2.30. The molecule has 1 amide bonds. The third-order valence-electron chi connectivity index (χ3n) is 3.56. The minimum atomic E-state index is -0.619. The molecule has 0 aliphatic rings. The maximum Gasteiger partial charge on any atom is 0.337 e. The summed E-state index contributed by atoms with van der Waals surface area (Å²) in [5, 5.41) is 17.9. The van der Waals surface area contributed by atoms with Gasteiger partial charge in [0.15, 0.2) is 12.3 Å². The van der Waals surface area contributed by atoms with Crippen LogP contribution in [0.2, 0.25) is 0 Å². The van der Waals surface area contributed by atoms with Crippen LogP contribution in [0.3, 0.4) is 0 Å². The molecule has 26 heavy (non-hydrogen) atoms. The van der Waals surface area contributed by atoms with Crippen LogP contribution in [-0.4, -0.2) is 35.7 Å². The molecule has 1 heterocycles. The SMILES string of the molecule is COC(=O)c1ccc(OCC(=O)N=Nc2c(O)[nH]c3ccccc23)cc1. The topological polar surface area (TPSA) is 113 Å². The van der Waals surface area contributed by atoms with E-state index < -0.39 is 11.9 Å². The van der Waals surface area contributed by atoms with Crippen molar-refractivity contribution in [3.05, 3.63) is 54.1 Å². The Hall–Kier alpha value is -3.68. The molecule has 0 atom stereocenters. The molecule has 132 valence electrons. The monoisotopic (exact) mass is 353 g/mol. The second kappa shape index (κ2) is 7.47. The van der Waals surface area contributed by atoms with E-state index in [2.05, 4.69) is 19.9 Å². The van der Waals surface area contributed by atoms with E-state index in [9.17, 15) is 14.7 Å². The smallest absolute Gasteiger partial charge is 0.337 e. The number of fused-ring (bicyclic) bond motifs is 1. The zero-order valence-electron chi connectivity index (χ0n) is 13.8. The van der Waals surface area contributed by atoms with Gasteiger partial charge < -0.3 is 19.6 Å². The van der Waals surface area contributed by atoms with E-state index in [0.29, 0.717) is 22.2 Å². The third kappa shape index (κ3) is 3.69. The average molecular weight is 353 g/mol. The predicted octanol–water partition coefficient (Wildman–Crippen LogP) is 3.35. The molecule has 0 aliphatic heterocycles. The number of para-hydroxylation sites is 1. The Kier molecular flexibility index (Phi) is 4.93. The van der Waals surface area contributed by atoms with Crippen LogP contribution in [0.4, 0.5) is 5.69 Å².